The Labute approximate surface area is 134 Å². The third-order valence-corrected chi connectivity index (χ3v) is 4.63. The fourth-order valence-electron chi connectivity index (χ4n) is 3.35. The topological polar surface area (TPSA) is 16.1 Å². The summed E-state index contributed by atoms with van der Waals surface area (Å²) in [7, 11) is 0. The van der Waals surface area contributed by atoms with Crippen LogP contribution in [-0.2, 0) is 6.54 Å². The van der Waals surface area contributed by atoms with Crippen molar-refractivity contribution in [3.8, 4) is 11.1 Å². The number of aromatic nitrogens is 1. The van der Waals surface area contributed by atoms with Crippen molar-refractivity contribution in [3.05, 3.63) is 53.3 Å². The highest BCUT2D eigenvalue weighted by Crippen LogP contribution is 2.24. The second-order valence-corrected chi connectivity index (χ2v) is 6.92. The van der Waals surface area contributed by atoms with E-state index in [4.69, 9.17) is 0 Å². The number of likely N-dealkylation sites (tertiary alicyclic amines) is 1. The smallest absolute Gasteiger partial charge is 0.0346 e. The molecule has 2 nitrogen and oxygen atoms in total. The molecule has 3 rings (SSSR count). The number of hydrogen-bond acceptors (Lipinski definition) is 2. The minimum Gasteiger partial charge on any atom is -0.299 e. The van der Waals surface area contributed by atoms with Crippen molar-refractivity contribution in [2.45, 2.75) is 40.2 Å². The molecular formula is C20H26N2. The summed E-state index contributed by atoms with van der Waals surface area (Å²) in [4.78, 5) is 7.03. The fraction of sp³-hybridized carbons (Fsp3) is 0.450. The predicted molar refractivity (Wildman–Crippen MR) is 92.8 cm³/mol. The van der Waals surface area contributed by atoms with Crippen LogP contribution in [0.15, 0.2) is 36.7 Å². The summed E-state index contributed by atoms with van der Waals surface area (Å²) in [6.45, 7) is 10.1. The van der Waals surface area contributed by atoms with Crippen LogP contribution in [0.4, 0.5) is 0 Å². The Morgan fingerprint density at radius 1 is 0.955 bits per heavy atom. The predicted octanol–water partition coefficient (Wildman–Crippen LogP) is 4.60. The van der Waals surface area contributed by atoms with E-state index in [0.717, 1.165) is 12.5 Å². The molecule has 1 aliphatic rings. The van der Waals surface area contributed by atoms with Gasteiger partial charge in [-0.25, -0.2) is 0 Å². The van der Waals surface area contributed by atoms with Crippen LogP contribution in [0, 0.1) is 19.8 Å². The van der Waals surface area contributed by atoms with Gasteiger partial charge < -0.3 is 0 Å². The zero-order chi connectivity index (χ0) is 15.5. The molecule has 1 fully saturated rings. The summed E-state index contributed by atoms with van der Waals surface area (Å²) >= 11 is 0. The summed E-state index contributed by atoms with van der Waals surface area (Å²) in [6.07, 6.45) is 6.65. The van der Waals surface area contributed by atoms with Crippen LogP contribution >= 0.6 is 0 Å². The Balaban J connectivity index is 1.77. The quantitative estimate of drug-likeness (QED) is 0.822. The van der Waals surface area contributed by atoms with Crippen LogP contribution in [0.5, 0.6) is 0 Å². The SMILES string of the molecule is Cc1cc(C)cc(-c2cncc(CN3CCC(C)CC3)c2)c1. The molecule has 1 aliphatic heterocycles. The average molecular weight is 294 g/mol. The minimum atomic E-state index is 0.885. The van der Waals surface area contributed by atoms with Crippen molar-refractivity contribution >= 4 is 0 Å². The molecule has 2 heteroatoms. The van der Waals surface area contributed by atoms with E-state index in [1.807, 2.05) is 12.4 Å². The number of pyridine rings is 1. The molecule has 1 aromatic carbocycles. The van der Waals surface area contributed by atoms with Gasteiger partial charge in [0.2, 0.25) is 0 Å². The number of rotatable bonds is 3. The van der Waals surface area contributed by atoms with Crippen LogP contribution in [0.2, 0.25) is 0 Å². The number of piperidine rings is 1. The maximum absolute atomic E-state index is 4.47. The Bertz CT molecular complexity index is 620. The molecule has 116 valence electrons. The molecule has 0 atom stereocenters. The largest absolute Gasteiger partial charge is 0.299 e. The molecule has 22 heavy (non-hydrogen) atoms. The van der Waals surface area contributed by atoms with Gasteiger partial charge in [-0.2, -0.15) is 0 Å². The molecule has 0 spiro atoms. The molecule has 0 radical (unpaired) electrons. The van der Waals surface area contributed by atoms with Gasteiger partial charge in [-0.1, -0.05) is 36.2 Å². The van der Waals surface area contributed by atoms with Gasteiger partial charge in [-0.3, -0.25) is 9.88 Å². The molecule has 1 aromatic heterocycles. The molecule has 0 unspecified atom stereocenters. The third kappa shape index (κ3) is 3.75. The standard InChI is InChI=1S/C20H26N2/c1-15-4-6-22(7-5-15)14-18-11-20(13-21-12-18)19-9-16(2)8-17(3)10-19/h8-13,15H,4-7,14H2,1-3H3. The van der Waals surface area contributed by atoms with E-state index in [9.17, 15) is 0 Å². The number of nitrogens with zero attached hydrogens (tertiary/aromatic N) is 2. The zero-order valence-corrected chi connectivity index (χ0v) is 14.0. The average Bonchev–Trinajstić information content (AvgIpc) is 2.49. The van der Waals surface area contributed by atoms with Gasteiger partial charge in [0.25, 0.3) is 0 Å². The number of benzene rings is 1. The lowest BCUT2D eigenvalue weighted by atomic mass is 9.98. The molecular weight excluding hydrogens is 268 g/mol. The zero-order valence-electron chi connectivity index (χ0n) is 14.0. The van der Waals surface area contributed by atoms with Gasteiger partial charge in [0.15, 0.2) is 0 Å². The second kappa shape index (κ2) is 6.62. The van der Waals surface area contributed by atoms with Gasteiger partial charge in [0, 0.05) is 24.5 Å². The van der Waals surface area contributed by atoms with E-state index < -0.39 is 0 Å². The Kier molecular flexibility index (Phi) is 4.58. The molecule has 2 aromatic rings. The van der Waals surface area contributed by atoms with Crippen LogP contribution < -0.4 is 0 Å². The molecule has 0 aliphatic carbocycles. The van der Waals surface area contributed by atoms with E-state index in [1.54, 1.807) is 0 Å². The lowest BCUT2D eigenvalue weighted by Gasteiger charge is -2.30. The van der Waals surface area contributed by atoms with E-state index in [-0.39, 0.29) is 0 Å². The van der Waals surface area contributed by atoms with Gasteiger partial charge in [-0.15, -0.1) is 0 Å². The van der Waals surface area contributed by atoms with Crippen LogP contribution in [0.1, 0.15) is 36.5 Å². The highest BCUT2D eigenvalue weighted by atomic mass is 15.1. The highest BCUT2D eigenvalue weighted by molar-refractivity contribution is 5.64. The first kappa shape index (κ1) is 15.2. The van der Waals surface area contributed by atoms with Crippen LogP contribution in [0.25, 0.3) is 11.1 Å². The van der Waals surface area contributed by atoms with Crippen molar-refractivity contribution in [1.82, 2.24) is 9.88 Å². The van der Waals surface area contributed by atoms with E-state index in [0.29, 0.717) is 0 Å². The Morgan fingerprint density at radius 2 is 1.64 bits per heavy atom. The first-order chi connectivity index (χ1) is 10.6. The first-order valence-corrected chi connectivity index (χ1v) is 8.35. The van der Waals surface area contributed by atoms with E-state index in [2.05, 4.69) is 54.9 Å². The maximum Gasteiger partial charge on any atom is 0.0346 e. The fourth-order valence-corrected chi connectivity index (χ4v) is 3.35. The van der Waals surface area contributed by atoms with Crippen molar-refractivity contribution in [3.63, 3.8) is 0 Å². The molecule has 0 bridgehead atoms. The molecule has 2 heterocycles. The van der Waals surface area contributed by atoms with Crippen molar-refractivity contribution < 1.29 is 0 Å². The van der Waals surface area contributed by atoms with E-state index >= 15 is 0 Å². The Hall–Kier alpha value is -1.67. The molecule has 1 saturated heterocycles. The summed E-state index contributed by atoms with van der Waals surface area (Å²) in [5.41, 5.74) is 6.45. The maximum atomic E-state index is 4.47. The van der Waals surface area contributed by atoms with Crippen molar-refractivity contribution in [1.29, 1.82) is 0 Å². The normalized spacial score (nSPS) is 16.9. The summed E-state index contributed by atoms with van der Waals surface area (Å²) in [5, 5.41) is 0. The van der Waals surface area contributed by atoms with Gasteiger partial charge in [0.1, 0.15) is 0 Å². The molecule has 0 N–H and O–H groups in total. The summed E-state index contributed by atoms with van der Waals surface area (Å²) in [5.74, 6) is 0.885. The highest BCUT2D eigenvalue weighted by Gasteiger charge is 2.15. The lowest BCUT2D eigenvalue weighted by molar-refractivity contribution is 0.185. The minimum absolute atomic E-state index is 0.885. The van der Waals surface area contributed by atoms with Crippen LogP contribution in [0.3, 0.4) is 0 Å². The number of hydrogen-bond donors (Lipinski definition) is 0. The van der Waals surface area contributed by atoms with Crippen LogP contribution in [-0.4, -0.2) is 23.0 Å². The summed E-state index contributed by atoms with van der Waals surface area (Å²) in [6, 6.07) is 9.02. The molecule has 0 saturated carbocycles. The van der Waals surface area contributed by atoms with Crippen molar-refractivity contribution in [2.24, 2.45) is 5.92 Å². The van der Waals surface area contributed by atoms with Crippen molar-refractivity contribution in [2.75, 3.05) is 13.1 Å². The Morgan fingerprint density at radius 3 is 2.32 bits per heavy atom. The van der Waals surface area contributed by atoms with E-state index in [1.165, 1.54) is 53.7 Å². The number of aryl methyl sites for hydroxylation is 2. The first-order valence-electron chi connectivity index (χ1n) is 8.35. The molecule has 0 amide bonds. The van der Waals surface area contributed by atoms with Gasteiger partial charge in [0.05, 0.1) is 0 Å². The second-order valence-electron chi connectivity index (χ2n) is 6.92. The monoisotopic (exact) mass is 294 g/mol. The lowest BCUT2D eigenvalue weighted by Crippen LogP contribution is -2.32. The third-order valence-electron chi connectivity index (χ3n) is 4.63. The van der Waals surface area contributed by atoms with Gasteiger partial charge >= 0.3 is 0 Å². The van der Waals surface area contributed by atoms with Gasteiger partial charge in [-0.05, 0) is 62.9 Å². The summed E-state index contributed by atoms with van der Waals surface area (Å²) < 4.78 is 0.